The summed E-state index contributed by atoms with van der Waals surface area (Å²) in [5, 5.41) is 3.18. The highest BCUT2D eigenvalue weighted by molar-refractivity contribution is 7.15. The van der Waals surface area contributed by atoms with E-state index in [1.807, 2.05) is 17.0 Å². The van der Waals surface area contributed by atoms with Gasteiger partial charge in [0.1, 0.15) is 11.6 Å². The summed E-state index contributed by atoms with van der Waals surface area (Å²) < 4.78 is 27.1. The van der Waals surface area contributed by atoms with E-state index in [1.165, 1.54) is 22.5 Å². The van der Waals surface area contributed by atoms with E-state index in [4.69, 9.17) is 0 Å². The van der Waals surface area contributed by atoms with Crippen LogP contribution in [0.3, 0.4) is 0 Å². The standard InChI is InChI=1S/C33H32F2N4O2S/c34-25-18-22(19-26(35)21-25)20-29(40)36-33-37-30-27(12-7-13-28(30)42-33)32(41)39-16-14-38(15-17-39)31(23-8-3-1-4-9-23)24-10-5-2-6-11-24/h1-6,8-11,18-19,21,27,31H,7,12-17,20H2,(H,36,37,40). The minimum Gasteiger partial charge on any atom is -0.340 e. The van der Waals surface area contributed by atoms with Gasteiger partial charge in [-0.05, 0) is 48.1 Å². The number of amides is 2. The third kappa shape index (κ3) is 6.27. The fourth-order valence-electron chi connectivity index (χ4n) is 6.08. The van der Waals surface area contributed by atoms with Crippen LogP contribution >= 0.6 is 11.3 Å². The smallest absolute Gasteiger partial charge is 0.231 e. The maximum atomic E-state index is 13.8. The monoisotopic (exact) mass is 586 g/mol. The molecule has 6 rings (SSSR count). The fourth-order valence-corrected chi connectivity index (χ4v) is 7.16. The third-order valence-electron chi connectivity index (χ3n) is 8.01. The summed E-state index contributed by atoms with van der Waals surface area (Å²) >= 11 is 1.38. The second-order valence-corrected chi connectivity index (χ2v) is 11.9. The van der Waals surface area contributed by atoms with Gasteiger partial charge in [0.25, 0.3) is 0 Å². The molecule has 2 aliphatic rings. The average molecular weight is 587 g/mol. The van der Waals surface area contributed by atoms with Crippen molar-refractivity contribution in [3.63, 3.8) is 0 Å². The molecule has 1 aromatic heterocycles. The molecule has 1 unspecified atom stereocenters. The molecule has 0 saturated carbocycles. The Morgan fingerprint density at radius 3 is 2.14 bits per heavy atom. The van der Waals surface area contributed by atoms with Gasteiger partial charge in [-0.15, -0.1) is 11.3 Å². The van der Waals surface area contributed by atoms with Gasteiger partial charge in [0.15, 0.2) is 5.13 Å². The Hall–Kier alpha value is -3.95. The van der Waals surface area contributed by atoms with E-state index >= 15 is 0 Å². The lowest BCUT2D eigenvalue weighted by atomic mass is 9.89. The molecule has 2 amide bonds. The first kappa shape index (κ1) is 28.2. The molecule has 9 heteroatoms. The van der Waals surface area contributed by atoms with E-state index in [-0.39, 0.29) is 29.9 Å². The normalized spacial score (nSPS) is 17.2. The van der Waals surface area contributed by atoms with Crippen LogP contribution in [0.2, 0.25) is 0 Å². The number of rotatable bonds is 7. The molecule has 0 spiro atoms. The lowest BCUT2D eigenvalue weighted by Gasteiger charge is -2.41. The van der Waals surface area contributed by atoms with Crippen molar-refractivity contribution in [3.8, 4) is 0 Å². The van der Waals surface area contributed by atoms with E-state index in [0.29, 0.717) is 18.2 Å². The maximum absolute atomic E-state index is 13.8. The minimum atomic E-state index is -0.722. The number of piperazine rings is 1. The van der Waals surface area contributed by atoms with Gasteiger partial charge in [-0.25, -0.2) is 13.8 Å². The van der Waals surface area contributed by atoms with Crippen LogP contribution < -0.4 is 5.32 Å². The molecule has 6 nitrogen and oxygen atoms in total. The Bertz CT molecular complexity index is 1500. The summed E-state index contributed by atoms with van der Waals surface area (Å²) in [4.78, 5) is 36.5. The Labute approximate surface area is 248 Å². The summed E-state index contributed by atoms with van der Waals surface area (Å²) in [6.07, 6.45) is 2.25. The van der Waals surface area contributed by atoms with Crippen molar-refractivity contribution in [2.45, 2.75) is 37.6 Å². The molecule has 1 fully saturated rings. The molecule has 42 heavy (non-hydrogen) atoms. The predicted molar refractivity (Wildman–Crippen MR) is 159 cm³/mol. The zero-order valence-electron chi connectivity index (χ0n) is 23.1. The number of carbonyl (C=O) groups is 2. The summed E-state index contributed by atoms with van der Waals surface area (Å²) in [6, 6.07) is 24.2. The van der Waals surface area contributed by atoms with E-state index in [0.717, 1.165) is 61.1 Å². The molecule has 2 heterocycles. The van der Waals surface area contributed by atoms with Crippen molar-refractivity contribution in [2.75, 3.05) is 31.5 Å². The quantitative estimate of drug-likeness (QED) is 0.291. The summed E-state index contributed by atoms with van der Waals surface area (Å²) in [7, 11) is 0. The molecule has 1 saturated heterocycles. The molecule has 0 radical (unpaired) electrons. The first-order chi connectivity index (χ1) is 20.4. The number of nitrogens with zero attached hydrogens (tertiary/aromatic N) is 3. The van der Waals surface area contributed by atoms with Gasteiger partial charge < -0.3 is 10.2 Å². The fraction of sp³-hybridized carbons (Fsp3) is 0.303. The van der Waals surface area contributed by atoms with E-state index in [9.17, 15) is 18.4 Å². The molecule has 1 aliphatic carbocycles. The van der Waals surface area contributed by atoms with Crippen LogP contribution in [0.4, 0.5) is 13.9 Å². The number of fused-ring (bicyclic) bond motifs is 1. The number of benzene rings is 3. The van der Waals surface area contributed by atoms with Crippen molar-refractivity contribution >= 4 is 28.3 Å². The second-order valence-electron chi connectivity index (χ2n) is 10.9. The first-order valence-electron chi connectivity index (χ1n) is 14.3. The number of nitrogens with one attached hydrogen (secondary N) is 1. The minimum absolute atomic E-state index is 0.0879. The Kier molecular flexibility index (Phi) is 8.39. The van der Waals surface area contributed by atoms with Crippen LogP contribution in [-0.4, -0.2) is 52.8 Å². The lowest BCUT2D eigenvalue weighted by Crippen LogP contribution is -2.51. The number of halogens is 2. The maximum Gasteiger partial charge on any atom is 0.231 e. The molecular formula is C33H32F2N4O2S. The number of hydrogen-bond donors (Lipinski definition) is 1. The van der Waals surface area contributed by atoms with Crippen molar-refractivity contribution in [1.82, 2.24) is 14.8 Å². The molecule has 216 valence electrons. The Morgan fingerprint density at radius 2 is 1.52 bits per heavy atom. The van der Waals surface area contributed by atoms with Gasteiger partial charge >= 0.3 is 0 Å². The molecular weight excluding hydrogens is 554 g/mol. The van der Waals surface area contributed by atoms with Crippen molar-refractivity contribution in [1.29, 1.82) is 0 Å². The molecule has 4 aromatic rings. The highest BCUT2D eigenvalue weighted by Gasteiger charge is 2.35. The SMILES string of the molecule is O=C(Cc1cc(F)cc(F)c1)Nc1nc2c(s1)CCCC2C(=O)N1CCN(C(c2ccccc2)c2ccccc2)CC1. The molecule has 3 aromatic carbocycles. The zero-order chi connectivity index (χ0) is 29.1. The van der Waals surface area contributed by atoms with Crippen LogP contribution in [0.15, 0.2) is 78.9 Å². The highest BCUT2D eigenvalue weighted by atomic mass is 32.1. The third-order valence-corrected chi connectivity index (χ3v) is 9.05. The highest BCUT2D eigenvalue weighted by Crippen LogP contribution is 2.38. The topological polar surface area (TPSA) is 65.5 Å². The Balaban J connectivity index is 1.11. The summed E-state index contributed by atoms with van der Waals surface area (Å²) in [6.45, 7) is 2.80. The van der Waals surface area contributed by atoms with Gasteiger partial charge in [-0.2, -0.15) is 0 Å². The summed E-state index contributed by atoms with van der Waals surface area (Å²) in [5.74, 6) is -2.10. The van der Waals surface area contributed by atoms with Gasteiger partial charge in [0.05, 0.1) is 24.1 Å². The zero-order valence-corrected chi connectivity index (χ0v) is 24.0. The van der Waals surface area contributed by atoms with Gasteiger partial charge in [0, 0.05) is 37.1 Å². The van der Waals surface area contributed by atoms with Crippen LogP contribution in [0.5, 0.6) is 0 Å². The predicted octanol–water partition coefficient (Wildman–Crippen LogP) is 5.96. The number of aromatic nitrogens is 1. The number of thiazole rings is 1. The van der Waals surface area contributed by atoms with Crippen molar-refractivity contribution in [2.24, 2.45) is 0 Å². The lowest BCUT2D eigenvalue weighted by molar-refractivity contribution is -0.135. The van der Waals surface area contributed by atoms with E-state index in [2.05, 4.69) is 63.7 Å². The molecule has 1 aliphatic heterocycles. The second kappa shape index (κ2) is 12.5. The first-order valence-corrected chi connectivity index (χ1v) is 15.1. The van der Waals surface area contributed by atoms with E-state index in [1.54, 1.807) is 0 Å². The molecule has 1 atom stereocenters. The number of anilines is 1. The van der Waals surface area contributed by atoms with Gasteiger partial charge in [0.2, 0.25) is 11.8 Å². The van der Waals surface area contributed by atoms with Crippen molar-refractivity contribution < 1.29 is 18.4 Å². The number of hydrogen-bond acceptors (Lipinski definition) is 5. The van der Waals surface area contributed by atoms with Crippen LogP contribution in [0, 0.1) is 11.6 Å². The van der Waals surface area contributed by atoms with Crippen LogP contribution in [0.1, 0.15) is 52.1 Å². The molecule has 1 N–H and O–H groups in total. The van der Waals surface area contributed by atoms with Gasteiger partial charge in [-0.3, -0.25) is 14.5 Å². The number of carbonyl (C=O) groups excluding carboxylic acids is 2. The van der Waals surface area contributed by atoms with Crippen molar-refractivity contribution in [3.05, 3.63) is 118 Å². The Morgan fingerprint density at radius 1 is 0.905 bits per heavy atom. The van der Waals surface area contributed by atoms with Crippen LogP contribution in [-0.2, 0) is 22.4 Å². The molecule has 0 bridgehead atoms. The van der Waals surface area contributed by atoms with E-state index < -0.39 is 17.5 Å². The summed E-state index contributed by atoms with van der Waals surface area (Å²) in [5.41, 5.74) is 3.47. The average Bonchev–Trinajstić information content (AvgIpc) is 3.40. The number of aryl methyl sites for hydroxylation is 1. The largest absolute Gasteiger partial charge is 0.340 e. The van der Waals surface area contributed by atoms with Crippen LogP contribution in [0.25, 0.3) is 0 Å². The van der Waals surface area contributed by atoms with Gasteiger partial charge in [-0.1, -0.05) is 60.7 Å².